The molecule has 6 nitrogen and oxygen atoms in total. The molecule has 0 spiro atoms. The van der Waals surface area contributed by atoms with Gasteiger partial charge < -0.3 is 9.64 Å². The third-order valence-electron chi connectivity index (χ3n) is 3.20. The van der Waals surface area contributed by atoms with Gasteiger partial charge in [0.2, 0.25) is 0 Å². The lowest BCUT2D eigenvalue weighted by Gasteiger charge is -2.31. The van der Waals surface area contributed by atoms with Crippen molar-refractivity contribution in [2.75, 3.05) is 19.7 Å². The topological polar surface area (TPSA) is 78.3 Å². The Bertz CT molecular complexity index is 300. The SMILES string of the molecule is [N-]=[N+]=NC1CCN(C(=O)C2CCCO2)CC1. The van der Waals surface area contributed by atoms with Gasteiger partial charge in [0.15, 0.2) is 0 Å². The maximum Gasteiger partial charge on any atom is 0.251 e. The third-order valence-corrected chi connectivity index (χ3v) is 3.20. The normalized spacial score (nSPS) is 26.5. The molecular weight excluding hydrogens is 208 g/mol. The Hall–Kier alpha value is -1.26. The zero-order valence-corrected chi connectivity index (χ0v) is 9.21. The number of amides is 1. The summed E-state index contributed by atoms with van der Waals surface area (Å²) in [7, 11) is 0. The first kappa shape index (κ1) is 11.2. The molecule has 0 radical (unpaired) electrons. The van der Waals surface area contributed by atoms with Gasteiger partial charge in [-0.05, 0) is 31.2 Å². The highest BCUT2D eigenvalue weighted by Crippen LogP contribution is 2.19. The Morgan fingerprint density at radius 1 is 1.38 bits per heavy atom. The van der Waals surface area contributed by atoms with E-state index in [1.807, 2.05) is 4.90 Å². The lowest BCUT2D eigenvalue weighted by atomic mass is 10.1. The van der Waals surface area contributed by atoms with Gasteiger partial charge in [-0.2, -0.15) is 0 Å². The van der Waals surface area contributed by atoms with Crippen LogP contribution in [0, 0.1) is 0 Å². The van der Waals surface area contributed by atoms with Crippen LogP contribution in [0.15, 0.2) is 5.11 Å². The predicted octanol–water partition coefficient (Wildman–Crippen LogP) is 1.47. The van der Waals surface area contributed by atoms with Crippen LogP contribution >= 0.6 is 0 Å². The van der Waals surface area contributed by atoms with E-state index in [9.17, 15) is 4.79 Å². The van der Waals surface area contributed by atoms with Crippen molar-refractivity contribution < 1.29 is 9.53 Å². The number of nitrogens with zero attached hydrogens (tertiary/aromatic N) is 4. The van der Waals surface area contributed by atoms with Crippen LogP contribution in [0.25, 0.3) is 10.4 Å². The molecule has 0 aromatic carbocycles. The van der Waals surface area contributed by atoms with Crippen LogP contribution in [-0.2, 0) is 9.53 Å². The molecule has 0 N–H and O–H groups in total. The van der Waals surface area contributed by atoms with Gasteiger partial charge in [0.05, 0.1) is 0 Å². The maximum absolute atomic E-state index is 12.0. The summed E-state index contributed by atoms with van der Waals surface area (Å²) < 4.78 is 5.37. The Morgan fingerprint density at radius 2 is 2.12 bits per heavy atom. The molecule has 1 atom stereocenters. The molecule has 0 aromatic heterocycles. The molecule has 2 rings (SSSR count). The summed E-state index contributed by atoms with van der Waals surface area (Å²) in [5, 5.41) is 3.69. The summed E-state index contributed by atoms with van der Waals surface area (Å²) in [6.07, 6.45) is 3.13. The van der Waals surface area contributed by atoms with E-state index in [0.717, 1.165) is 25.7 Å². The summed E-state index contributed by atoms with van der Waals surface area (Å²) in [6, 6.07) is 0.0542. The summed E-state index contributed by atoms with van der Waals surface area (Å²) in [6.45, 7) is 2.07. The van der Waals surface area contributed by atoms with Gasteiger partial charge in [-0.3, -0.25) is 4.79 Å². The fourth-order valence-electron chi connectivity index (χ4n) is 2.25. The van der Waals surface area contributed by atoms with Crippen molar-refractivity contribution in [2.24, 2.45) is 5.11 Å². The van der Waals surface area contributed by atoms with E-state index in [2.05, 4.69) is 10.0 Å². The molecule has 88 valence electrons. The molecule has 0 bridgehead atoms. The molecule has 2 fully saturated rings. The van der Waals surface area contributed by atoms with Crippen LogP contribution < -0.4 is 0 Å². The van der Waals surface area contributed by atoms with E-state index in [1.54, 1.807) is 0 Å². The number of carbonyl (C=O) groups is 1. The van der Waals surface area contributed by atoms with Crippen LogP contribution in [0.5, 0.6) is 0 Å². The molecule has 2 heterocycles. The molecule has 0 saturated carbocycles. The van der Waals surface area contributed by atoms with E-state index < -0.39 is 0 Å². The minimum atomic E-state index is -0.226. The summed E-state index contributed by atoms with van der Waals surface area (Å²) in [5.74, 6) is 0.108. The molecule has 2 aliphatic heterocycles. The standard InChI is InChI=1S/C10H16N4O2/c11-13-12-8-3-5-14(6-4-8)10(15)9-2-1-7-16-9/h8-9H,1-7H2. The molecule has 2 aliphatic rings. The van der Waals surface area contributed by atoms with E-state index in [1.165, 1.54) is 0 Å². The van der Waals surface area contributed by atoms with Crippen LogP contribution in [0.2, 0.25) is 0 Å². The Balaban J connectivity index is 1.83. The summed E-state index contributed by atoms with van der Waals surface area (Å²) >= 11 is 0. The maximum atomic E-state index is 12.0. The van der Waals surface area contributed by atoms with E-state index in [-0.39, 0.29) is 18.1 Å². The van der Waals surface area contributed by atoms with Crippen LogP contribution in [0.1, 0.15) is 25.7 Å². The second kappa shape index (κ2) is 5.18. The fourth-order valence-corrected chi connectivity index (χ4v) is 2.25. The number of hydrogen-bond donors (Lipinski definition) is 0. The zero-order valence-electron chi connectivity index (χ0n) is 9.21. The fraction of sp³-hybridized carbons (Fsp3) is 0.900. The molecule has 2 saturated heterocycles. The van der Waals surface area contributed by atoms with E-state index in [0.29, 0.717) is 19.7 Å². The Labute approximate surface area is 94.2 Å². The van der Waals surface area contributed by atoms with Gasteiger partial charge in [0.1, 0.15) is 6.10 Å². The Kier molecular flexibility index (Phi) is 3.64. The number of rotatable bonds is 2. The summed E-state index contributed by atoms with van der Waals surface area (Å²) in [4.78, 5) is 16.6. The highest BCUT2D eigenvalue weighted by molar-refractivity contribution is 5.81. The van der Waals surface area contributed by atoms with Crippen molar-refractivity contribution in [3.8, 4) is 0 Å². The van der Waals surface area contributed by atoms with Crippen molar-refractivity contribution in [1.29, 1.82) is 0 Å². The average Bonchev–Trinajstić information content (AvgIpc) is 2.83. The first-order valence-electron chi connectivity index (χ1n) is 5.76. The zero-order chi connectivity index (χ0) is 11.4. The third kappa shape index (κ3) is 2.46. The highest BCUT2D eigenvalue weighted by atomic mass is 16.5. The van der Waals surface area contributed by atoms with Gasteiger partial charge >= 0.3 is 0 Å². The van der Waals surface area contributed by atoms with Gasteiger partial charge in [0.25, 0.3) is 5.91 Å². The van der Waals surface area contributed by atoms with Gasteiger partial charge in [-0.15, -0.1) is 0 Å². The number of piperidine rings is 1. The predicted molar refractivity (Wildman–Crippen MR) is 57.7 cm³/mol. The highest BCUT2D eigenvalue weighted by Gasteiger charge is 2.30. The van der Waals surface area contributed by atoms with E-state index in [4.69, 9.17) is 10.3 Å². The molecule has 6 heteroatoms. The van der Waals surface area contributed by atoms with Crippen molar-refractivity contribution in [3.05, 3.63) is 10.4 Å². The first-order chi connectivity index (χ1) is 7.81. The number of azide groups is 1. The molecule has 1 amide bonds. The van der Waals surface area contributed by atoms with Crippen LogP contribution in [0.4, 0.5) is 0 Å². The van der Waals surface area contributed by atoms with Gasteiger partial charge in [-0.25, -0.2) is 0 Å². The quantitative estimate of drug-likeness (QED) is 0.404. The molecule has 0 aromatic rings. The minimum absolute atomic E-state index is 0.0542. The molecular formula is C10H16N4O2. The second-order valence-corrected chi connectivity index (χ2v) is 4.26. The van der Waals surface area contributed by atoms with Gasteiger partial charge in [0, 0.05) is 30.6 Å². The van der Waals surface area contributed by atoms with Crippen molar-refractivity contribution in [2.45, 2.75) is 37.8 Å². The lowest BCUT2D eigenvalue weighted by molar-refractivity contribution is -0.141. The second-order valence-electron chi connectivity index (χ2n) is 4.26. The number of carbonyl (C=O) groups excluding carboxylic acids is 1. The number of likely N-dealkylation sites (tertiary alicyclic amines) is 1. The Morgan fingerprint density at radius 3 is 2.69 bits per heavy atom. The molecule has 16 heavy (non-hydrogen) atoms. The molecule has 0 aliphatic carbocycles. The van der Waals surface area contributed by atoms with Crippen LogP contribution in [-0.4, -0.2) is 42.6 Å². The van der Waals surface area contributed by atoms with Gasteiger partial charge in [-0.1, -0.05) is 5.11 Å². The average molecular weight is 224 g/mol. The number of ether oxygens (including phenoxy) is 1. The van der Waals surface area contributed by atoms with Crippen molar-refractivity contribution in [1.82, 2.24) is 4.90 Å². The van der Waals surface area contributed by atoms with E-state index >= 15 is 0 Å². The largest absolute Gasteiger partial charge is 0.368 e. The monoisotopic (exact) mass is 224 g/mol. The molecule has 1 unspecified atom stereocenters. The smallest absolute Gasteiger partial charge is 0.251 e. The minimum Gasteiger partial charge on any atom is -0.368 e. The lowest BCUT2D eigenvalue weighted by Crippen LogP contribution is -2.44. The van der Waals surface area contributed by atoms with Crippen molar-refractivity contribution >= 4 is 5.91 Å². The summed E-state index contributed by atoms with van der Waals surface area (Å²) in [5.41, 5.74) is 8.32. The number of hydrogen-bond acceptors (Lipinski definition) is 3. The first-order valence-corrected chi connectivity index (χ1v) is 5.76. The van der Waals surface area contributed by atoms with Crippen molar-refractivity contribution in [3.63, 3.8) is 0 Å². The van der Waals surface area contributed by atoms with Crippen LogP contribution in [0.3, 0.4) is 0 Å².